The van der Waals surface area contributed by atoms with E-state index >= 15 is 0 Å². The lowest BCUT2D eigenvalue weighted by Crippen LogP contribution is -2.37. The lowest BCUT2D eigenvalue weighted by atomic mass is 9.94. The van der Waals surface area contributed by atoms with Crippen LogP contribution in [0.5, 0.6) is 0 Å². The normalized spacial score (nSPS) is 16.1. The molecule has 0 aliphatic carbocycles. The molecule has 0 aromatic carbocycles. The van der Waals surface area contributed by atoms with E-state index in [1.54, 1.807) is 11.8 Å². The highest BCUT2D eigenvalue weighted by Crippen LogP contribution is 2.18. The lowest BCUT2D eigenvalue weighted by molar-refractivity contribution is -0.130. The third kappa shape index (κ3) is 7.43. The van der Waals surface area contributed by atoms with Gasteiger partial charge in [0.2, 0.25) is 5.91 Å². The number of rotatable bonds is 2. The number of carbonyl (C=O) groups is 2. The molecule has 0 aromatic rings. The molecule has 0 atom stereocenters. The molecule has 1 heterocycles. The van der Waals surface area contributed by atoms with Gasteiger partial charge in [-0.3, -0.25) is 4.79 Å². The van der Waals surface area contributed by atoms with Crippen LogP contribution in [0.15, 0.2) is 0 Å². The summed E-state index contributed by atoms with van der Waals surface area (Å²) >= 11 is 0. The molecule has 1 saturated heterocycles. The number of likely N-dealkylation sites (tertiary alicyclic amines) is 1. The van der Waals surface area contributed by atoms with Gasteiger partial charge in [-0.1, -0.05) is 27.7 Å². The Morgan fingerprint density at radius 1 is 1.31 bits per heavy atom. The third-order valence-corrected chi connectivity index (χ3v) is 2.43. The summed E-state index contributed by atoms with van der Waals surface area (Å²) in [6.45, 7) is 11.1. The van der Waals surface area contributed by atoms with Crippen LogP contribution in [0.4, 0.5) is 0 Å². The van der Waals surface area contributed by atoms with Crippen molar-refractivity contribution < 1.29 is 11.0 Å². The Hall–Kier alpha value is -0.860. The largest absolute Gasteiger partial charge is 0.343 e. The van der Waals surface area contributed by atoms with Crippen molar-refractivity contribution in [2.75, 3.05) is 13.1 Å². The number of hydrogen-bond acceptors (Lipinski definition) is 2. The van der Waals surface area contributed by atoms with Crippen molar-refractivity contribution in [1.82, 2.24) is 4.90 Å². The van der Waals surface area contributed by atoms with Crippen molar-refractivity contribution >= 4 is 12.2 Å². The van der Waals surface area contributed by atoms with Crippen molar-refractivity contribution in [2.45, 2.75) is 53.9 Å². The first-order valence-corrected chi connectivity index (χ1v) is 6.34. The predicted molar refractivity (Wildman–Crippen MR) is 68.4 cm³/mol. The van der Waals surface area contributed by atoms with Crippen LogP contribution in [0, 0.1) is 5.92 Å². The number of amides is 1. The van der Waals surface area contributed by atoms with Crippen molar-refractivity contribution in [2.24, 2.45) is 5.92 Å². The van der Waals surface area contributed by atoms with Gasteiger partial charge in [-0.2, -0.15) is 0 Å². The summed E-state index contributed by atoms with van der Waals surface area (Å²) in [5.41, 5.74) is 0. The fraction of sp³-hybridized carbons (Fsp3) is 0.846. The van der Waals surface area contributed by atoms with Crippen LogP contribution in [-0.4, -0.2) is 30.2 Å². The predicted octanol–water partition coefficient (Wildman–Crippen LogP) is 2.89. The van der Waals surface area contributed by atoms with E-state index in [1.165, 1.54) is 0 Å². The maximum absolute atomic E-state index is 10.9. The molecule has 1 rings (SSSR count). The van der Waals surface area contributed by atoms with Crippen LogP contribution in [-0.2, 0) is 9.59 Å². The van der Waals surface area contributed by atoms with E-state index < -0.39 is 6.26 Å². The summed E-state index contributed by atoms with van der Waals surface area (Å²) in [5, 5.41) is 0. The first kappa shape index (κ1) is 15.1. The zero-order valence-corrected chi connectivity index (χ0v) is 11.4. The molecule has 0 radical (unpaired) electrons. The standard InChI is InChI=1S/C9H15NO2.2C2H6/c1-8(12)10-5-2-9(3-6-10)4-7-11;2*1-2/h7,9H,2-6H2,1H3;2*1-2H3/i7T;;. The number of nitrogens with zero attached hydrogens (tertiary/aromatic N) is 1. The summed E-state index contributed by atoms with van der Waals surface area (Å²) < 4.78 is 6.83. The monoisotopic (exact) mass is 231 g/mol. The van der Waals surface area contributed by atoms with Gasteiger partial charge in [0.25, 0.3) is 0 Å². The topological polar surface area (TPSA) is 37.4 Å². The van der Waals surface area contributed by atoms with Crippen LogP contribution in [0.2, 0.25) is 0 Å². The Balaban J connectivity index is 0. The molecule has 16 heavy (non-hydrogen) atoms. The van der Waals surface area contributed by atoms with Crippen LogP contribution in [0.1, 0.15) is 55.3 Å². The quantitative estimate of drug-likeness (QED) is 0.685. The molecule has 0 N–H and O–H groups in total. The van der Waals surface area contributed by atoms with Gasteiger partial charge in [0, 0.05) is 26.4 Å². The molecule has 0 spiro atoms. The zero-order chi connectivity index (χ0) is 13.8. The van der Waals surface area contributed by atoms with E-state index in [4.69, 9.17) is 1.37 Å². The second-order valence-corrected chi connectivity index (χ2v) is 3.30. The number of hydrogen-bond donors (Lipinski definition) is 0. The van der Waals surface area contributed by atoms with Crippen LogP contribution >= 0.6 is 0 Å². The fourth-order valence-electron chi connectivity index (χ4n) is 1.57. The molecular formula is C13H27NO2. The Morgan fingerprint density at radius 2 is 1.75 bits per heavy atom. The van der Waals surface area contributed by atoms with Gasteiger partial charge >= 0.3 is 0 Å². The number of carbonyl (C=O) groups excluding carboxylic acids is 2. The molecule has 0 aromatic heterocycles. The molecule has 1 fully saturated rings. The highest BCUT2D eigenvalue weighted by atomic mass is 16.2. The van der Waals surface area contributed by atoms with Crippen molar-refractivity contribution in [3.05, 3.63) is 0 Å². The Kier molecular flexibility index (Phi) is 11.6. The molecule has 1 aliphatic rings. The zero-order valence-electron chi connectivity index (χ0n) is 12.4. The van der Waals surface area contributed by atoms with Crippen molar-refractivity contribution in [3.8, 4) is 0 Å². The molecular weight excluding hydrogens is 202 g/mol. The molecule has 1 amide bonds. The van der Waals surface area contributed by atoms with Gasteiger partial charge < -0.3 is 9.69 Å². The summed E-state index contributed by atoms with van der Waals surface area (Å²) in [6.07, 6.45) is 1.60. The van der Waals surface area contributed by atoms with Gasteiger partial charge in [-0.25, -0.2) is 0 Å². The average Bonchev–Trinajstić information content (AvgIpc) is 2.34. The minimum Gasteiger partial charge on any atom is -0.343 e. The first-order valence-electron chi connectivity index (χ1n) is 6.84. The second kappa shape index (κ2) is 12.2. The maximum Gasteiger partial charge on any atom is 0.219 e. The van der Waals surface area contributed by atoms with Gasteiger partial charge in [-0.05, 0) is 18.8 Å². The minimum atomic E-state index is -0.485. The Bertz CT molecular complexity index is 211. The summed E-state index contributed by atoms with van der Waals surface area (Å²) in [4.78, 5) is 23.3. The first-order chi connectivity index (χ1) is 8.09. The number of aldehydes is 1. The molecule has 0 bridgehead atoms. The number of piperidine rings is 1. The van der Waals surface area contributed by atoms with Crippen molar-refractivity contribution in [3.63, 3.8) is 0 Å². The van der Waals surface area contributed by atoms with E-state index in [2.05, 4.69) is 0 Å². The second-order valence-electron chi connectivity index (χ2n) is 3.30. The molecule has 0 unspecified atom stereocenters. The van der Waals surface area contributed by atoms with Crippen molar-refractivity contribution in [1.29, 1.82) is 0 Å². The van der Waals surface area contributed by atoms with E-state index in [1.807, 2.05) is 27.7 Å². The van der Waals surface area contributed by atoms with Crippen LogP contribution < -0.4 is 0 Å². The van der Waals surface area contributed by atoms with Gasteiger partial charge in [0.15, 0.2) is 0 Å². The molecule has 3 nitrogen and oxygen atoms in total. The van der Waals surface area contributed by atoms with Gasteiger partial charge in [0.05, 0.1) is 0 Å². The smallest absolute Gasteiger partial charge is 0.219 e. The molecule has 1 aliphatic heterocycles. The third-order valence-electron chi connectivity index (χ3n) is 2.43. The van der Waals surface area contributed by atoms with Crippen LogP contribution in [0.25, 0.3) is 0 Å². The van der Waals surface area contributed by atoms with E-state index in [0.717, 1.165) is 25.9 Å². The summed E-state index contributed by atoms with van der Waals surface area (Å²) in [7, 11) is 0. The maximum atomic E-state index is 10.9. The Labute approximate surface area is 102 Å². The highest BCUT2D eigenvalue weighted by Gasteiger charge is 2.19. The molecule has 3 heteroatoms. The lowest BCUT2D eigenvalue weighted by Gasteiger charge is -2.30. The minimum absolute atomic E-state index is 0.107. The van der Waals surface area contributed by atoms with E-state index in [9.17, 15) is 9.59 Å². The summed E-state index contributed by atoms with van der Waals surface area (Å²) in [6, 6.07) is 0. The summed E-state index contributed by atoms with van der Waals surface area (Å²) in [5.74, 6) is 0.427. The van der Waals surface area contributed by atoms with Gasteiger partial charge in [-0.15, -0.1) is 0 Å². The van der Waals surface area contributed by atoms with Crippen LogP contribution in [0.3, 0.4) is 0 Å². The van der Waals surface area contributed by atoms with E-state index in [-0.39, 0.29) is 5.91 Å². The highest BCUT2D eigenvalue weighted by molar-refractivity contribution is 5.73. The molecule has 0 saturated carbocycles. The molecule has 96 valence electrons. The van der Waals surface area contributed by atoms with Gasteiger partial charge in [0.1, 0.15) is 7.63 Å². The Morgan fingerprint density at radius 3 is 2.06 bits per heavy atom. The van der Waals surface area contributed by atoms with E-state index in [0.29, 0.717) is 12.3 Å². The average molecular weight is 231 g/mol. The SMILES string of the molecule is CC.CC.[3H]C(=O)CC1CCN(C(C)=O)CC1. The fourth-order valence-corrected chi connectivity index (χ4v) is 1.57.